The number of ether oxygens (including phenoxy) is 2. The molecule has 1 saturated carbocycles. The van der Waals surface area contributed by atoms with E-state index in [1.54, 1.807) is 20.4 Å². The number of anilines is 1. The van der Waals surface area contributed by atoms with Crippen molar-refractivity contribution in [2.24, 2.45) is 0 Å². The molecule has 2 heterocycles. The molecule has 3 aromatic rings. The molecule has 0 saturated heterocycles. The Morgan fingerprint density at radius 3 is 2.57 bits per heavy atom. The van der Waals surface area contributed by atoms with Crippen molar-refractivity contribution in [1.29, 1.82) is 0 Å². The van der Waals surface area contributed by atoms with Crippen molar-refractivity contribution >= 4 is 11.6 Å². The fourth-order valence-electron chi connectivity index (χ4n) is 4.12. The van der Waals surface area contributed by atoms with Gasteiger partial charge in [-0.15, -0.1) is 0 Å². The number of pyridine rings is 1. The fourth-order valence-corrected chi connectivity index (χ4v) is 4.12. The Bertz CT molecular complexity index is 1150. The second-order valence-electron chi connectivity index (χ2n) is 8.31. The van der Waals surface area contributed by atoms with Crippen molar-refractivity contribution < 1.29 is 14.3 Å². The van der Waals surface area contributed by atoms with Crippen LogP contribution >= 0.6 is 0 Å². The number of hydrogen-bond acceptors (Lipinski definition) is 4. The van der Waals surface area contributed by atoms with Gasteiger partial charge in [-0.2, -0.15) is 0 Å². The van der Waals surface area contributed by atoms with E-state index in [0.717, 1.165) is 27.9 Å². The number of amides is 1. The maximum absolute atomic E-state index is 13.1. The van der Waals surface area contributed by atoms with E-state index < -0.39 is 0 Å². The maximum atomic E-state index is 13.1. The topological polar surface area (TPSA) is 51.7 Å². The number of carbonyl (C=O) groups is 1. The Kier molecular flexibility index (Phi) is 4.28. The third-order valence-corrected chi connectivity index (χ3v) is 6.33. The highest BCUT2D eigenvalue weighted by Crippen LogP contribution is 2.48. The molecule has 5 heteroatoms. The molecule has 0 spiro atoms. The predicted octanol–water partition coefficient (Wildman–Crippen LogP) is 4.98. The van der Waals surface area contributed by atoms with Crippen molar-refractivity contribution in [2.75, 3.05) is 19.1 Å². The summed E-state index contributed by atoms with van der Waals surface area (Å²) >= 11 is 0. The van der Waals surface area contributed by atoms with Gasteiger partial charge in [-0.3, -0.25) is 4.79 Å². The molecule has 1 aliphatic carbocycles. The molecule has 0 atom stereocenters. The van der Waals surface area contributed by atoms with E-state index in [4.69, 9.17) is 9.47 Å². The summed E-state index contributed by atoms with van der Waals surface area (Å²) in [5.74, 6) is 1.09. The average Bonchev–Trinajstić information content (AvgIpc) is 3.46. The third-order valence-electron chi connectivity index (χ3n) is 6.33. The molecular weight excluding hydrogens is 376 g/mol. The highest BCUT2D eigenvalue weighted by Gasteiger charge is 2.39. The zero-order chi connectivity index (χ0) is 20.9. The van der Waals surface area contributed by atoms with Crippen LogP contribution in [-0.2, 0) is 12.0 Å². The summed E-state index contributed by atoms with van der Waals surface area (Å²) in [4.78, 5) is 19.3. The normalized spacial score (nSPS) is 16.4. The minimum Gasteiger partial charge on any atom is -0.491 e. The number of fused-ring (bicyclic) bond motifs is 1. The molecule has 30 heavy (non-hydrogen) atoms. The lowest BCUT2D eigenvalue weighted by Gasteiger charge is -2.18. The van der Waals surface area contributed by atoms with Crippen molar-refractivity contribution in [3.63, 3.8) is 0 Å². The average molecular weight is 400 g/mol. The Balaban J connectivity index is 1.46. The number of rotatable bonds is 5. The molecule has 5 rings (SSSR count). The van der Waals surface area contributed by atoms with Crippen LogP contribution in [0.5, 0.6) is 11.6 Å². The fraction of sp³-hybridized carbons (Fsp3) is 0.280. The van der Waals surface area contributed by atoms with Gasteiger partial charge in [-0.05, 0) is 65.3 Å². The third kappa shape index (κ3) is 3.02. The van der Waals surface area contributed by atoms with E-state index in [1.807, 2.05) is 29.2 Å². The van der Waals surface area contributed by atoms with Crippen LogP contribution in [0, 0.1) is 0 Å². The van der Waals surface area contributed by atoms with Gasteiger partial charge in [0.15, 0.2) is 5.75 Å². The first kappa shape index (κ1) is 18.7. The summed E-state index contributed by atoms with van der Waals surface area (Å²) in [5.41, 5.74) is 6.27. The predicted molar refractivity (Wildman–Crippen MR) is 116 cm³/mol. The van der Waals surface area contributed by atoms with Gasteiger partial charge in [-0.25, -0.2) is 4.98 Å². The first-order valence-electron chi connectivity index (χ1n) is 10.2. The molecule has 0 N–H and O–H groups in total. The van der Waals surface area contributed by atoms with Gasteiger partial charge < -0.3 is 14.4 Å². The summed E-state index contributed by atoms with van der Waals surface area (Å²) in [5, 5.41) is 0. The molecule has 0 bridgehead atoms. The van der Waals surface area contributed by atoms with Crippen molar-refractivity contribution in [3.8, 4) is 22.8 Å². The second-order valence-corrected chi connectivity index (χ2v) is 8.31. The van der Waals surface area contributed by atoms with Crippen LogP contribution in [0.3, 0.4) is 0 Å². The van der Waals surface area contributed by atoms with Crippen molar-refractivity contribution in [3.05, 3.63) is 71.4 Å². The van der Waals surface area contributed by atoms with E-state index in [-0.39, 0.29) is 11.3 Å². The standard InChI is InChI=1S/C25H24N2O3/c1-25(9-10-25)19-5-4-6-20(13-19)27-15-18-11-16(7-8-21(18)24(27)28)17-12-22(29-2)23(30-3)26-14-17/h4-8,11-14H,9-10,15H2,1-3H3. The van der Waals surface area contributed by atoms with Gasteiger partial charge in [0.1, 0.15) is 0 Å². The van der Waals surface area contributed by atoms with E-state index in [0.29, 0.717) is 18.2 Å². The zero-order valence-electron chi connectivity index (χ0n) is 17.4. The van der Waals surface area contributed by atoms with Crippen molar-refractivity contribution in [2.45, 2.75) is 31.7 Å². The summed E-state index contributed by atoms with van der Waals surface area (Å²) in [6.45, 7) is 2.86. The Morgan fingerprint density at radius 2 is 1.83 bits per heavy atom. The molecule has 5 nitrogen and oxygen atoms in total. The molecule has 0 radical (unpaired) electrons. The van der Waals surface area contributed by atoms with E-state index in [2.05, 4.69) is 36.2 Å². The molecular formula is C25H24N2O3. The van der Waals surface area contributed by atoms with Gasteiger partial charge in [0, 0.05) is 23.0 Å². The zero-order valence-corrected chi connectivity index (χ0v) is 17.4. The molecule has 1 aliphatic heterocycles. The van der Waals surface area contributed by atoms with Crippen molar-refractivity contribution in [1.82, 2.24) is 4.98 Å². The molecule has 0 unspecified atom stereocenters. The van der Waals surface area contributed by atoms with E-state index in [9.17, 15) is 4.79 Å². The first-order chi connectivity index (χ1) is 14.5. The van der Waals surface area contributed by atoms with Gasteiger partial charge >= 0.3 is 0 Å². The van der Waals surface area contributed by atoms with Crippen LogP contribution in [0.25, 0.3) is 11.1 Å². The molecule has 152 valence electrons. The van der Waals surface area contributed by atoms with Gasteiger partial charge in [0.25, 0.3) is 11.8 Å². The van der Waals surface area contributed by atoms with Crippen LogP contribution < -0.4 is 14.4 Å². The number of carbonyl (C=O) groups excluding carboxylic acids is 1. The molecule has 1 fully saturated rings. The van der Waals surface area contributed by atoms with E-state index >= 15 is 0 Å². The largest absolute Gasteiger partial charge is 0.491 e. The molecule has 2 aliphatic rings. The lowest BCUT2D eigenvalue weighted by atomic mass is 9.98. The number of benzene rings is 2. The Hall–Kier alpha value is -3.34. The van der Waals surface area contributed by atoms with Gasteiger partial charge in [0.2, 0.25) is 0 Å². The van der Waals surface area contributed by atoms with Gasteiger partial charge in [-0.1, -0.05) is 25.1 Å². The lowest BCUT2D eigenvalue weighted by molar-refractivity contribution is 0.0996. The number of hydrogen-bond donors (Lipinski definition) is 0. The molecule has 2 aromatic carbocycles. The second kappa shape index (κ2) is 6.87. The summed E-state index contributed by atoms with van der Waals surface area (Å²) < 4.78 is 10.6. The lowest BCUT2D eigenvalue weighted by Crippen LogP contribution is -2.23. The molecule has 1 amide bonds. The van der Waals surface area contributed by atoms with Gasteiger partial charge in [0.05, 0.1) is 20.8 Å². The summed E-state index contributed by atoms with van der Waals surface area (Å²) in [7, 11) is 3.16. The quantitative estimate of drug-likeness (QED) is 0.606. The highest BCUT2D eigenvalue weighted by molar-refractivity contribution is 6.10. The van der Waals surface area contributed by atoms with Crippen LogP contribution in [0.2, 0.25) is 0 Å². The van der Waals surface area contributed by atoms with E-state index in [1.165, 1.54) is 18.4 Å². The van der Waals surface area contributed by atoms with Crippen LogP contribution in [0.15, 0.2) is 54.7 Å². The number of nitrogens with zero attached hydrogens (tertiary/aromatic N) is 2. The minimum absolute atomic E-state index is 0.0556. The monoisotopic (exact) mass is 400 g/mol. The number of aromatic nitrogens is 1. The molecule has 1 aromatic heterocycles. The first-order valence-corrected chi connectivity index (χ1v) is 10.2. The Morgan fingerprint density at radius 1 is 1.00 bits per heavy atom. The van der Waals surface area contributed by atoms with Crippen LogP contribution in [-0.4, -0.2) is 25.1 Å². The summed E-state index contributed by atoms with van der Waals surface area (Å²) in [6, 6.07) is 16.3. The SMILES string of the molecule is COc1cc(-c2ccc3c(c2)CN(c2cccc(C4(C)CC4)c2)C3=O)cnc1OC. The summed E-state index contributed by atoms with van der Waals surface area (Å²) in [6.07, 6.45) is 4.19. The van der Waals surface area contributed by atoms with Crippen LogP contribution in [0.4, 0.5) is 5.69 Å². The number of methoxy groups -OCH3 is 2. The maximum Gasteiger partial charge on any atom is 0.258 e. The minimum atomic E-state index is 0.0556. The Labute approximate surface area is 176 Å². The smallest absolute Gasteiger partial charge is 0.258 e. The van der Waals surface area contributed by atoms with Crippen LogP contribution in [0.1, 0.15) is 41.3 Å². The highest BCUT2D eigenvalue weighted by atomic mass is 16.5.